The van der Waals surface area contributed by atoms with Gasteiger partial charge in [0.1, 0.15) is 23.9 Å². The average Bonchev–Trinajstić information content (AvgIpc) is 2.98. The van der Waals surface area contributed by atoms with Gasteiger partial charge in [0.2, 0.25) is 5.69 Å². The Morgan fingerprint density at radius 3 is 2.54 bits per heavy atom. The molecule has 1 heterocycles. The molecule has 1 N–H and O–H groups in total. The summed E-state index contributed by atoms with van der Waals surface area (Å²) >= 11 is 0. The summed E-state index contributed by atoms with van der Waals surface area (Å²) in [5.74, 6) is -0.910. The molecule has 0 saturated carbocycles. The number of benzene rings is 2. The van der Waals surface area contributed by atoms with Crippen molar-refractivity contribution >= 4 is 11.7 Å². The second kappa shape index (κ2) is 7.11. The van der Waals surface area contributed by atoms with Crippen LogP contribution in [0.1, 0.15) is 16.1 Å². The fraction of sp³-hybridized carbons (Fsp3) is 0.100. The summed E-state index contributed by atoms with van der Waals surface area (Å²) in [7, 11) is 1.59. The highest BCUT2D eigenvalue weighted by Crippen LogP contribution is 2.36. The average molecular weight is 350 g/mol. The van der Waals surface area contributed by atoms with Gasteiger partial charge in [-0.25, -0.2) is 14.0 Å². The number of nitrogens with zero attached hydrogens (tertiary/aromatic N) is 2. The number of aryl methyl sites for hydroxylation is 1. The molecule has 26 heavy (non-hydrogen) atoms. The summed E-state index contributed by atoms with van der Waals surface area (Å²) in [5.41, 5.74) is 1.74. The minimum Gasteiger partial charge on any atom is -0.489 e. The molecule has 3 rings (SSSR count). The van der Waals surface area contributed by atoms with Gasteiger partial charge >= 0.3 is 5.97 Å². The van der Waals surface area contributed by atoms with Crippen LogP contribution in [0.5, 0.6) is 5.75 Å². The molecule has 0 bridgehead atoms. The van der Waals surface area contributed by atoms with Crippen molar-refractivity contribution in [2.45, 2.75) is 6.61 Å². The van der Waals surface area contributed by atoms with Crippen LogP contribution in [0.2, 0.25) is 0 Å². The number of carboxylic acids is 1. The highest BCUT2D eigenvalue weighted by atomic mass is 19.1. The number of aromatic carboxylic acids is 1. The normalized spacial score (nSPS) is 10.3. The summed E-state index contributed by atoms with van der Waals surface area (Å²) in [6, 6.07) is 13.1. The Balaban J connectivity index is 1.86. The van der Waals surface area contributed by atoms with E-state index in [2.05, 4.69) is 4.85 Å². The number of ether oxygens (including phenoxy) is 1. The Morgan fingerprint density at radius 2 is 1.92 bits per heavy atom. The highest BCUT2D eigenvalue weighted by molar-refractivity contribution is 5.99. The Hall–Kier alpha value is -3.59. The molecule has 5 nitrogen and oxygen atoms in total. The van der Waals surface area contributed by atoms with Gasteiger partial charge in [-0.3, -0.25) is 0 Å². The maximum absolute atomic E-state index is 13.6. The molecule has 1 aromatic heterocycles. The minimum absolute atomic E-state index is 0.0519. The summed E-state index contributed by atoms with van der Waals surface area (Å²) in [6.07, 6.45) is 1.49. The third-order valence-electron chi connectivity index (χ3n) is 3.98. The maximum atomic E-state index is 13.6. The van der Waals surface area contributed by atoms with Crippen molar-refractivity contribution in [1.82, 2.24) is 4.57 Å². The lowest BCUT2D eigenvalue weighted by atomic mass is 10.0. The second-order valence-corrected chi connectivity index (χ2v) is 5.67. The molecule has 2 aromatic carbocycles. The van der Waals surface area contributed by atoms with Gasteiger partial charge < -0.3 is 14.4 Å². The molecular formula is C20H15FN2O3. The van der Waals surface area contributed by atoms with Crippen LogP contribution in [0.3, 0.4) is 0 Å². The number of aromatic nitrogens is 1. The second-order valence-electron chi connectivity index (χ2n) is 5.67. The zero-order chi connectivity index (χ0) is 18.7. The van der Waals surface area contributed by atoms with Crippen molar-refractivity contribution in [2.75, 3.05) is 0 Å². The van der Waals surface area contributed by atoms with Gasteiger partial charge in [0.15, 0.2) is 0 Å². The van der Waals surface area contributed by atoms with E-state index in [4.69, 9.17) is 11.3 Å². The van der Waals surface area contributed by atoms with E-state index in [1.54, 1.807) is 49.5 Å². The molecule has 0 aliphatic rings. The SMILES string of the molecule is [C-]#[N+]c1cn(C)c(C(=O)O)c1-c1ccc(OCc2ccccc2F)cc1. The van der Waals surface area contributed by atoms with Crippen LogP contribution in [-0.2, 0) is 13.7 Å². The third kappa shape index (κ3) is 3.28. The Bertz CT molecular complexity index is 1000. The first kappa shape index (κ1) is 17.2. The standard InChI is InChI=1S/C20H15FN2O3/c1-22-17-11-23(2)19(20(24)25)18(17)13-7-9-15(10-8-13)26-12-14-5-3-4-6-16(14)21/h3-11H,12H2,2H3,(H,24,25). The van der Waals surface area contributed by atoms with Crippen LogP contribution in [0.4, 0.5) is 10.1 Å². The van der Waals surface area contributed by atoms with Crippen molar-refractivity contribution in [3.8, 4) is 16.9 Å². The lowest BCUT2D eigenvalue weighted by Crippen LogP contribution is -2.05. The van der Waals surface area contributed by atoms with Crippen LogP contribution in [0.25, 0.3) is 16.0 Å². The number of carbonyl (C=O) groups is 1. The molecule has 0 fully saturated rings. The molecule has 0 unspecified atom stereocenters. The summed E-state index contributed by atoms with van der Waals surface area (Å²) in [4.78, 5) is 14.9. The smallest absolute Gasteiger partial charge is 0.351 e. The summed E-state index contributed by atoms with van der Waals surface area (Å²) in [5, 5.41) is 9.42. The van der Waals surface area contributed by atoms with Crippen LogP contribution >= 0.6 is 0 Å². The van der Waals surface area contributed by atoms with E-state index in [0.717, 1.165) is 0 Å². The van der Waals surface area contributed by atoms with E-state index in [1.165, 1.54) is 16.8 Å². The van der Waals surface area contributed by atoms with E-state index < -0.39 is 5.97 Å². The van der Waals surface area contributed by atoms with E-state index in [9.17, 15) is 14.3 Å². The number of hydrogen-bond acceptors (Lipinski definition) is 2. The Morgan fingerprint density at radius 1 is 1.23 bits per heavy atom. The molecule has 3 aromatic rings. The molecule has 0 aliphatic heterocycles. The highest BCUT2D eigenvalue weighted by Gasteiger charge is 2.21. The molecule has 0 spiro atoms. The van der Waals surface area contributed by atoms with Gasteiger partial charge in [0.25, 0.3) is 0 Å². The van der Waals surface area contributed by atoms with Gasteiger partial charge in [-0.1, -0.05) is 30.3 Å². The third-order valence-corrected chi connectivity index (χ3v) is 3.98. The van der Waals surface area contributed by atoms with Crippen molar-refractivity contribution in [3.05, 3.63) is 83.2 Å². The molecule has 0 amide bonds. The molecule has 0 radical (unpaired) electrons. The van der Waals surface area contributed by atoms with Crippen LogP contribution < -0.4 is 4.74 Å². The summed E-state index contributed by atoms with van der Waals surface area (Å²) in [6.45, 7) is 7.36. The Labute approximate surface area is 149 Å². The first-order chi connectivity index (χ1) is 12.5. The Kier molecular flexibility index (Phi) is 4.72. The fourth-order valence-corrected chi connectivity index (χ4v) is 2.73. The van der Waals surface area contributed by atoms with Crippen molar-refractivity contribution in [3.63, 3.8) is 0 Å². The summed E-state index contributed by atoms with van der Waals surface area (Å²) < 4.78 is 20.6. The van der Waals surface area contributed by atoms with Gasteiger partial charge in [-0.2, -0.15) is 0 Å². The van der Waals surface area contributed by atoms with Gasteiger partial charge in [-0.15, -0.1) is 0 Å². The number of carboxylic acid groups (broad SMARTS) is 1. The van der Waals surface area contributed by atoms with Crippen molar-refractivity contribution in [1.29, 1.82) is 0 Å². The van der Waals surface area contributed by atoms with Gasteiger partial charge in [-0.05, 0) is 23.8 Å². The topological polar surface area (TPSA) is 55.8 Å². The molecule has 6 heteroatoms. The molecule has 0 atom stereocenters. The molecule has 130 valence electrons. The fourth-order valence-electron chi connectivity index (χ4n) is 2.73. The van der Waals surface area contributed by atoms with E-state index in [0.29, 0.717) is 22.4 Å². The first-order valence-corrected chi connectivity index (χ1v) is 7.78. The predicted octanol–water partition coefficient (Wildman–Crippen LogP) is 4.66. The maximum Gasteiger partial charge on any atom is 0.351 e. The van der Waals surface area contributed by atoms with Crippen LogP contribution in [-0.4, -0.2) is 15.6 Å². The monoisotopic (exact) mass is 350 g/mol. The van der Waals surface area contributed by atoms with Crippen LogP contribution in [0.15, 0.2) is 54.7 Å². The van der Waals surface area contributed by atoms with Gasteiger partial charge in [0, 0.05) is 24.4 Å². The zero-order valence-electron chi connectivity index (χ0n) is 13.9. The molecular weight excluding hydrogens is 335 g/mol. The molecule has 0 saturated heterocycles. The van der Waals surface area contributed by atoms with E-state index >= 15 is 0 Å². The van der Waals surface area contributed by atoms with E-state index in [-0.39, 0.29) is 23.8 Å². The lowest BCUT2D eigenvalue weighted by molar-refractivity contribution is 0.0687. The van der Waals surface area contributed by atoms with E-state index in [1.807, 2.05) is 0 Å². The first-order valence-electron chi connectivity index (χ1n) is 7.78. The zero-order valence-corrected chi connectivity index (χ0v) is 13.9. The van der Waals surface area contributed by atoms with Crippen LogP contribution in [0, 0.1) is 12.4 Å². The largest absolute Gasteiger partial charge is 0.489 e. The predicted molar refractivity (Wildman–Crippen MR) is 94.8 cm³/mol. The number of hydrogen-bond donors (Lipinski definition) is 1. The number of rotatable bonds is 5. The minimum atomic E-state index is -1.10. The van der Waals surface area contributed by atoms with Crippen molar-refractivity contribution < 1.29 is 19.0 Å². The quantitative estimate of drug-likeness (QED) is 0.681. The van der Waals surface area contributed by atoms with Gasteiger partial charge in [0.05, 0.1) is 6.57 Å². The lowest BCUT2D eigenvalue weighted by Gasteiger charge is -2.09. The molecule has 0 aliphatic carbocycles. The van der Waals surface area contributed by atoms with Crippen molar-refractivity contribution in [2.24, 2.45) is 7.05 Å². The number of halogens is 1.